The van der Waals surface area contributed by atoms with Gasteiger partial charge in [0.25, 0.3) is 0 Å². The van der Waals surface area contributed by atoms with E-state index < -0.39 is 0 Å². The lowest BCUT2D eigenvalue weighted by atomic mass is 9.79. The Kier molecular flexibility index (Phi) is 4.32. The van der Waals surface area contributed by atoms with Gasteiger partial charge in [0.05, 0.1) is 0 Å². The van der Waals surface area contributed by atoms with Crippen LogP contribution >= 0.6 is 0 Å². The number of piperidine rings is 1. The third kappa shape index (κ3) is 3.01. The summed E-state index contributed by atoms with van der Waals surface area (Å²) < 4.78 is 0. The van der Waals surface area contributed by atoms with Gasteiger partial charge in [0.2, 0.25) is 0 Å². The van der Waals surface area contributed by atoms with E-state index in [-0.39, 0.29) is 0 Å². The molecule has 1 aromatic rings. The van der Waals surface area contributed by atoms with Crippen LogP contribution in [0.4, 0.5) is 0 Å². The summed E-state index contributed by atoms with van der Waals surface area (Å²) in [6.45, 7) is 9.00. The van der Waals surface area contributed by atoms with Crippen molar-refractivity contribution >= 4 is 0 Å². The van der Waals surface area contributed by atoms with Crippen molar-refractivity contribution in [3.05, 3.63) is 34.4 Å². The molecule has 1 saturated heterocycles. The molecular formula is C17H28N2. The Morgan fingerprint density at radius 3 is 2.05 bits per heavy atom. The van der Waals surface area contributed by atoms with E-state index in [0.717, 1.165) is 13.1 Å². The monoisotopic (exact) mass is 260 g/mol. The van der Waals surface area contributed by atoms with E-state index in [1.807, 2.05) is 0 Å². The van der Waals surface area contributed by atoms with Gasteiger partial charge in [-0.05, 0) is 83.9 Å². The molecule has 2 nitrogen and oxygen atoms in total. The Morgan fingerprint density at radius 2 is 1.58 bits per heavy atom. The van der Waals surface area contributed by atoms with Gasteiger partial charge in [-0.2, -0.15) is 0 Å². The number of aryl methyl sites for hydroxylation is 3. The molecule has 0 amide bonds. The molecule has 1 aliphatic heterocycles. The van der Waals surface area contributed by atoms with E-state index in [0.29, 0.717) is 5.54 Å². The van der Waals surface area contributed by atoms with Crippen LogP contribution in [0.15, 0.2) is 12.1 Å². The van der Waals surface area contributed by atoms with Gasteiger partial charge < -0.3 is 10.2 Å². The van der Waals surface area contributed by atoms with Crippen LogP contribution < -0.4 is 5.32 Å². The van der Waals surface area contributed by atoms with Crippen molar-refractivity contribution < 1.29 is 0 Å². The number of nitrogens with zero attached hydrogens (tertiary/aromatic N) is 1. The van der Waals surface area contributed by atoms with Crippen LogP contribution in [0.2, 0.25) is 0 Å². The second-order valence-electron chi connectivity index (χ2n) is 6.42. The topological polar surface area (TPSA) is 15.3 Å². The van der Waals surface area contributed by atoms with Gasteiger partial charge in [-0.3, -0.25) is 0 Å². The molecule has 0 aliphatic carbocycles. The van der Waals surface area contributed by atoms with Crippen molar-refractivity contribution in [2.24, 2.45) is 0 Å². The highest BCUT2D eigenvalue weighted by atomic mass is 15.2. The molecule has 1 aromatic carbocycles. The second kappa shape index (κ2) is 5.64. The van der Waals surface area contributed by atoms with E-state index >= 15 is 0 Å². The quantitative estimate of drug-likeness (QED) is 0.899. The zero-order chi connectivity index (χ0) is 14.0. The number of benzene rings is 1. The third-order valence-corrected chi connectivity index (χ3v) is 4.83. The maximum absolute atomic E-state index is 3.49. The van der Waals surface area contributed by atoms with Crippen LogP contribution in [0, 0.1) is 20.8 Å². The molecule has 19 heavy (non-hydrogen) atoms. The number of hydrogen-bond acceptors (Lipinski definition) is 2. The van der Waals surface area contributed by atoms with Crippen LogP contribution in [0.1, 0.15) is 35.1 Å². The summed E-state index contributed by atoms with van der Waals surface area (Å²) in [6.07, 6.45) is 3.67. The molecule has 0 unspecified atom stereocenters. The molecule has 1 N–H and O–H groups in total. The largest absolute Gasteiger partial charge is 0.317 e. The molecule has 0 aromatic heterocycles. The summed E-state index contributed by atoms with van der Waals surface area (Å²) in [5, 5.41) is 3.49. The SMILES string of the molecule is Cc1cc(C)c(CC2(N(C)C)CCNCC2)c(C)c1. The highest BCUT2D eigenvalue weighted by Crippen LogP contribution is 2.31. The fraction of sp³-hybridized carbons (Fsp3) is 0.647. The zero-order valence-corrected chi connectivity index (χ0v) is 13.1. The maximum Gasteiger partial charge on any atom is 0.0268 e. The molecule has 1 fully saturated rings. The van der Waals surface area contributed by atoms with Crippen molar-refractivity contribution in [2.45, 2.75) is 45.6 Å². The first-order valence-electron chi connectivity index (χ1n) is 7.39. The fourth-order valence-corrected chi connectivity index (χ4v) is 3.49. The van der Waals surface area contributed by atoms with Crippen LogP contribution in [-0.4, -0.2) is 37.6 Å². The minimum atomic E-state index is 0.329. The van der Waals surface area contributed by atoms with Crippen molar-refractivity contribution in [1.82, 2.24) is 10.2 Å². The van der Waals surface area contributed by atoms with Crippen LogP contribution in [0.3, 0.4) is 0 Å². The van der Waals surface area contributed by atoms with Crippen molar-refractivity contribution in [3.63, 3.8) is 0 Å². The minimum absolute atomic E-state index is 0.329. The summed E-state index contributed by atoms with van der Waals surface area (Å²) in [7, 11) is 4.48. The molecule has 0 saturated carbocycles. The summed E-state index contributed by atoms with van der Waals surface area (Å²) in [6, 6.07) is 4.65. The number of likely N-dealkylation sites (N-methyl/N-ethyl adjacent to an activating group) is 1. The van der Waals surface area contributed by atoms with Crippen molar-refractivity contribution in [1.29, 1.82) is 0 Å². The Labute approximate surface area is 118 Å². The predicted molar refractivity (Wildman–Crippen MR) is 82.9 cm³/mol. The molecule has 106 valence electrons. The molecule has 1 aliphatic rings. The van der Waals surface area contributed by atoms with Gasteiger partial charge in [0.1, 0.15) is 0 Å². The standard InChI is InChI=1S/C17H28N2/c1-13-10-14(2)16(15(3)11-13)12-17(19(4)5)6-8-18-9-7-17/h10-11,18H,6-9,12H2,1-5H3. The second-order valence-corrected chi connectivity index (χ2v) is 6.42. The molecule has 0 spiro atoms. The van der Waals surface area contributed by atoms with Crippen LogP contribution in [-0.2, 0) is 6.42 Å². The van der Waals surface area contributed by atoms with Crippen LogP contribution in [0.25, 0.3) is 0 Å². The Hall–Kier alpha value is -0.860. The van der Waals surface area contributed by atoms with Crippen LogP contribution in [0.5, 0.6) is 0 Å². The first-order valence-corrected chi connectivity index (χ1v) is 7.39. The van der Waals surface area contributed by atoms with E-state index in [1.165, 1.54) is 36.0 Å². The highest BCUT2D eigenvalue weighted by Gasteiger charge is 2.34. The van der Waals surface area contributed by atoms with Gasteiger partial charge in [-0.1, -0.05) is 17.7 Å². The predicted octanol–water partition coefficient (Wildman–Crippen LogP) is 2.84. The Bertz CT molecular complexity index is 420. The van der Waals surface area contributed by atoms with E-state index in [4.69, 9.17) is 0 Å². The van der Waals surface area contributed by atoms with Gasteiger partial charge in [-0.25, -0.2) is 0 Å². The summed E-state index contributed by atoms with van der Waals surface area (Å²) in [5.74, 6) is 0. The highest BCUT2D eigenvalue weighted by molar-refractivity contribution is 5.38. The lowest BCUT2D eigenvalue weighted by Crippen LogP contribution is -2.53. The van der Waals surface area contributed by atoms with E-state index in [2.05, 4.69) is 57.2 Å². The maximum atomic E-state index is 3.49. The molecule has 2 rings (SSSR count). The van der Waals surface area contributed by atoms with Gasteiger partial charge in [0.15, 0.2) is 0 Å². The number of nitrogens with one attached hydrogen (secondary N) is 1. The van der Waals surface area contributed by atoms with Gasteiger partial charge in [0, 0.05) is 5.54 Å². The average Bonchev–Trinajstić information content (AvgIpc) is 2.35. The van der Waals surface area contributed by atoms with E-state index in [9.17, 15) is 0 Å². The molecule has 1 heterocycles. The van der Waals surface area contributed by atoms with E-state index in [1.54, 1.807) is 5.56 Å². The molecule has 2 heteroatoms. The third-order valence-electron chi connectivity index (χ3n) is 4.83. The molecule has 0 bridgehead atoms. The molecular weight excluding hydrogens is 232 g/mol. The number of rotatable bonds is 3. The van der Waals surface area contributed by atoms with Crippen molar-refractivity contribution in [2.75, 3.05) is 27.2 Å². The lowest BCUT2D eigenvalue weighted by Gasteiger charge is -2.44. The Balaban J connectivity index is 2.32. The molecule has 0 radical (unpaired) electrons. The normalized spacial score (nSPS) is 18.8. The summed E-state index contributed by atoms with van der Waals surface area (Å²) in [4.78, 5) is 2.45. The molecule has 0 atom stereocenters. The van der Waals surface area contributed by atoms with Gasteiger partial charge >= 0.3 is 0 Å². The first kappa shape index (κ1) is 14.5. The Morgan fingerprint density at radius 1 is 1.05 bits per heavy atom. The minimum Gasteiger partial charge on any atom is -0.317 e. The number of hydrogen-bond donors (Lipinski definition) is 1. The van der Waals surface area contributed by atoms with Gasteiger partial charge in [-0.15, -0.1) is 0 Å². The van der Waals surface area contributed by atoms with Crippen molar-refractivity contribution in [3.8, 4) is 0 Å². The lowest BCUT2D eigenvalue weighted by molar-refractivity contribution is 0.108. The smallest absolute Gasteiger partial charge is 0.0268 e. The fourth-order valence-electron chi connectivity index (χ4n) is 3.49. The first-order chi connectivity index (χ1) is 8.94. The summed E-state index contributed by atoms with van der Waals surface area (Å²) >= 11 is 0. The summed E-state index contributed by atoms with van der Waals surface area (Å²) in [5.41, 5.74) is 6.18. The average molecular weight is 260 g/mol. The zero-order valence-electron chi connectivity index (χ0n) is 13.1.